The second-order valence-electron chi connectivity index (χ2n) is 5.68. The molecule has 1 aliphatic rings. The first kappa shape index (κ1) is 13.6. The molecule has 0 saturated heterocycles. The molecule has 0 aliphatic carbocycles. The Kier molecular flexibility index (Phi) is 3.45. The first-order valence-corrected chi connectivity index (χ1v) is 7.81. The summed E-state index contributed by atoms with van der Waals surface area (Å²) >= 11 is 6.42. The molecule has 0 fully saturated rings. The van der Waals surface area contributed by atoms with Crippen LogP contribution in [0.2, 0.25) is 5.02 Å². The number of ether oxygens (including phenoxy) is 1. The number of hydrogen-bond donors (Lipinski definition) is 1. The molecule has 110 valence electrons. The fraction of sp³-hybridized carbons (Fsp3) is 0.167. The van der Waals surface area contributed by atoms with E-state index in [1.165, 1.54) is 10.5 Å². The number of rotatable bonds is 2. The van der Waals surface area contributed by atoms with Gasteiger partial charge in [0.05, 0.1) is 16.0 Å². The van der Waals surface area contributed by atoms with Gasteiger partial charge < -0.3 is 4.74 Å². The van der Waals surface area contributed by atoms with E-state index < -0.39 is 0 Å². The lowest BCUT2D eigenvalue weighted by atomic mass is 10.1. The van der Waals surface area contributed by atoms with Crippen molar-refractivity contribution in [2.45, 2.75) is 13.1 Å². The minimum atomic E-state index is 0.668. The summed E-state index contributed by atoms with van der Waals surface area (Å²) in [4.78, 5) is 4.65. The number of hydrogen-bond acceptors (Lipinski definition) is 1. The van der Waals surface area contributed by atoms with Crippen molar-refractivity contribution in [3.8, 4) is 5.75 Å². The summed E-state index contributed by atoms with van der Waals surface area (Å²) in [6.07, 6.45) is 1.91. The minimum absolute atomic E-state index is 0.668. The number of halogens is 1. The molecular weight excluding hydrogens is 296 g/mol. The van der Waals surface area contributed by atoms with Gasteiger partial charge in [-0.25, -0.2) is 4.98 Å². The van der Waals surface area contributed by atoms with Gasteiger partial charge >= 0.3 is 0 Å². The first-order chi connectivity index (χ1) is 10.8. The maximum Gasteiger partial charge on any atom is 0.255 e. The summed E-state index contributed by atoms with van der Waals surface area (Å²) in [6, 6.07) is 16.5. The zero-order valence-corrected chi connectivity index (χ0v) is 12.9. The second kappa shape index (κ2) is 5.59. The summed E-state index contributed by atoms with van der Waals surface area (Å²) in [5.74, 6) is 0.941. The van der Waals surface area contributed by atoms with Gasteiger partial charge in [-0.3, -0.25) is 4.90 Å². The van der Waals surface area contributed by atoms with Gasteiger partial charge in [0.25, 0.3) is 5.52 Å². The van der Waals surface area contributed by atoms with Crippen LogP contribution in [0.4, 0.5) is 0 Å². The smallest absolute Gasteiger partial charge is 0.255 e. The van der Waals surface area contributed by atoms with Crippen molar-refractivity contribution < 1.29 is 14.6 Å². The molecule has 3 aromatic rings. The SMILES string of the molecule is Clc1cc2c(c3[nH+]cccc13)OC[NH+](Cc1ccccc1)C2. The van der Waals surface area contributed by atoms with Crippen molar-refractivity contribution in [3.05, 3.63) is 70.9 Å². The monoisotopic (exact) mass is 312 g/mol. The van der Waals surface area contributed by atoms with Crippen molar-refractivity contribution in [2.24, 2.45) is 0 Å². The summed E-state index contributed by atoms with van der Waals surface area (Å²) < 4.78 is 6.05. The van der Waals surface area contributed by atoms with Crippen LogP contribution in [0.15, 0.2) is 54.7 Å². The zero-order valence-electron chi connectivity index (χ0n) is 12.1. The summed E-state index contributed by atoms with van der Waals surface area (Å²) in [5, 5.41) is 1.78. The van der Waals surface area contributed by atoms with Crippen LogP contribution in [-0.4, -0.2) is 6.73 Å². The molecule has 2 heterocycles. The molecule has 0 radical (unpaired) electrons. The third kappa shape index (κ3) is 2.43. The lowest BCUT2D eigenvalue weighted by Crippen LogP contribution is -3.10. The van der Waals surface area contributed by atoms with Crippen molar-refractivity contribution in [1.29, 1.82) is 0 Å². The van der Waals surface area contributed by atoms with E-state index in [1.54, 1.807) is 0 Å². The molecule has 3 nitrogen and oxygen atoms in total. The zero-order chi connectivity index (χ0) is 14.9. The van der Waals surface area contributed by atoms with Crippen molar-refractivity contribution >= 4 is 22.5 Å². The molecule has 1 aliphatic heterocycles. The van der Waals surface area contributed by atoms with E-state index >= 15 is 0 Å². The van der Waals surface area contributed by atoms with Crippen LogP contribution in [0.5, 0.6) is 5.75 Å². The fourth-order valence-corrected chi connectivity index (χ4v) is 3.36. The molecular formula is C18H17ClN2O+2. The Balaban J connectivity index is 1.66. The van der Waals surface area contributed by atoms with Gasteiger partial charge in [-0.05, 0) is 12.1 Å². The highest BCUT2D eigenvalue weighted by atomic mass is 35.5. The summed E-state index contributed by atoms with van der Waals surface area (Å²) in [5.41, 5.74) is 3.48. The normalized spacial score (nSPS) is 17.0. The Hall–Kier alpha value is -2.10. The predicted octanol–water partition coefficient (Wildman–Crippen LogP) is 2.24. The molecule has 0 saturated carbocycles. The molecule has 1 unspecified atom stereocenters. The van der Waals surface area contributed by atoms with Gasteiger partial charge in [-0.15, -0.1) is 0 Å². The van der Waals surface area contributed by atoms with E-state index in [9.17, 15) is 0 Å². The number of nitrogens with one attached hydrogen (secondary N) is 2. The standard InChI is InChI=1S/C18H15ClN2O/c19-16-9-14-11-21(10-13-5-2-1-3-6-13)12-22-18(14)17-15(16)7-4-8-20-17/h1-9H,10-12H2/p+2. The van der Waals surface area contributed by atoms with Crippen LogP contribution in [0, 0.1) is 0 Å². The Morgan fingerprint density at radius 2 is 2.00 bits per heavy atom. The Bertz CT molecular complexity index is 820. The quantitative estimate of drug-likeness (QED) is 0.772. The number of aromatic nitrogens is 1. The molecule has 22 heavy (non-hydrogen) atoms. The Morgan fingerprint density at radius 1 is 1.14 bits per heavy atom. The Morgan fingerprint density at radius 3 is 2.86 bits per heavy atom. The van der Waals surface area contributed by atoms with Gasteiger partial charge in [-0.2, -0.15) is 0 Å². The van der Waals surface area contributed by atoms with Crippen molar-refractivity contribution in [1.82, 2.24) is 0 Å². The van der Waals surface area contributed by atoms with E-state index in [-0.39, 0.29) is 0 Å². The van der Waals surface area contributed by atoms with Crippen molar-refractivity contribution in [2.75, 3.05) is 6.73 Å². The number of pyridine rings is 1. The highest BCUT2D eigenvalue weighted by Crippen LogP contribution is 2.33. The predicted molar refractivity (Wildman–Crippen MR) is 85.8 cm³/mol. The fourth-order valence-electron chi connectivity index (χ4n) is 3.07. The largest absolute Gasteiger partial charge is 0.438 e. The number of benzene rings is 2. The van der Waals surface area contributed by atoms with Gasteiger partial charge in [0, 0.05) is 11.6 Å². The van der Waals surface area contributed by atoms with Gasteiger partial charge in [0.15, 0.2) is 6.20 Å². The molecule has 0 spiro atoms. The minimum Gasteiger partial charge on any atom is -0.438 e. The Labute approximate surface area is 134 Å². The van der Waals surface area contributed by atoms with Crippen LogP contribution in [0.3, 0.4) is 0 Å². The van der Waals surface area contributed by atoms with E-state index in [2.05, 4.69) is 29.2 Å². The van der Waals surface area contributed by atoms with E-state index in [4.69, 9.17) is 16.3 Å². The topological polar surface area (TPSA) is 27.8 Å². The number of fused-ring (bicyclic) bond motifs is 3. The maximum atomic E-state index is 6.42. The number of quaternary nitrogens is 1. The van der Waals surface area contributed by atoms with Crippen LogP contribution < -0.4 is 14.6 Å². The van der Waals surface area contributed by atoms with Crippen molar-refractivity contribution in [3.63, 3.8) is 0 Å². The van der Waals surface area contributed by atoms with Gasteiger partial charge in [-0.1, -0.05) is 41.9 Å². The molecule has 1 atom stereocenters. The molecule has 4 rings (SSSR count). The average molecular weight is 313 g/mol. The van der Waals surface area contributed by atoms with Crippen LogP contribution in [0.1, 0.15) is 11.1 Å². The molecule has 0 amide bonds. The van der Waals surface area contributed by atoms with Gasteiger partial charge in [0.1, 0.15) is 13.1 Å². The lowest BCUT2D eigenvalue weighted by Gasteiger charge is -2.26. The summed E-state index contributed by atoms with van der Waals surface area (Å²) in [7, 11) is 0. The van der Waals surface area contributed by atoms with Crippen LogP contribution in [-0.2, 0) is 13.1 Å². The summed E-state index contributed by atoms with van der Waals surface area (Å²) in [6.45, 7) is 2.54. The molecule has 2 aromatic carbocycles. The molecule has 0 bridgehead atoms. The molecule has 1 aromatic heterocycles. The third-order valence-electron chi connectivity index (χ3n) is 4.09. The number of aromatic amines is 1. The van der Waals surface area contributed by atoms with E-state index in [0.29, 0.717) is 6.73 Å². The third-order valence-corrected chi connectivity index (χ3v) is 4.40. The van der Waals surface area contributed by atoms with Gasteiger partial charge in [0.2, 0.25) is 12.5 Å². The average Bonchev–Trinajstić information content (AvgIpc) is 2.56. The van der Waals surface area contributed by atoms with Crippen LogP contribution in [0.25, 0.3) is 10.9 Å². The second-order valence-corrected chi connectivity index (χ2v) is 6.09. The highest BCUT2D eigenvalue weighted by Gasteiger charge is 2.26. The van der Waals surface area contributed by atoms with E-state index in [1.807, 2.05) is 30.5 Å². The molecule has 2 N–H and O–H groups in total. The van der Waals surface area contributed by atoms with E-state index in [0.717, 1.165) is 40.3 Å². The molecule has 4 heteroatoms. The lowest BCUT2D eigenvalue weighted by molar-refractivity contribution is -0.945. The number of H-pyrrole nitrogens is 1. The first-order valence-electron chi connectivity index (χ1n) is 7.43. The maximum absolute atomic E-state index is 6.42. The van der Waals surface area contributed by atoms with Crippen LogP contribution >= 0.6 is 11.6 Å². The highest BCUT2D eigenvalue weighted by molar-refractivity contribution is 6.35.